The van der Waals surface area contributed by atoms with Crippen molar-refractivity contribution < 1.29 is 14.3 Å². The van der Waals surface area contributed by atoms with Crippen molar-refractivity contribution in [3.63, 3.8) is 0 Å². The topological polar surface area (TPSA) is 77.4 Å². The van der Waals surface area contributed by atoms with E-state index < -0.39 is 6.03 Å². The van der Waals surface area contributed by atoms with Crippen LogP contribution in [0.5, 0.6) is 11.5 Å². The normalized spacial score (nSPS) is 10.1. The Morgan fingerprint density at radius 3 is 2.62 bits per heavy atom. The van der Waals surface area contributed by atoms with Gasteiger partial charge in [0.05, 0.1) is 41.8 Å². The highest BCUT2D eigenvalue weighted by atomic mass is 79.9. The smallest absolute Gasteiger partial charge is 0.339 e. The average Bonchev–Trinajstić information content (AvgIpc) is 2.84. The molecule has 0 atom stereocenters. The molecular formula is C12H12BrClN4O3. The van der Waals surface area contributed by atoms with Gasteiger partial charge in [0.1, 0.15) is 11.5 Å². The van der Waals surface area contributed by atoms with Gasteiger partial charge in [-0.15, -0.1) is 0 Å². The molecule has 2 rings (SSSR count). The summed E-state index contributed by atoms with van der Waals surface area (Å²) in [7, 11) is 2.98. The molecule has 1 heterocycles. The molecule has 2 N–H and O–H groups in total. The van der Waals surface area contributed by atoms with E-state index in [1.165, 1.54) is 25.1 Å². The summed E-state index contributed by atoms with van der Waals surface area (Å²) in [5, 5.41) is 6.88. The van der Waals surface area contributed by atoms with Gasteiger partial charge in [-0.1, -0.05) is 11.6 Å². The third-order valence-electron chi connectivity index (χ3n) is 2.49. The van der Waals surface area contributed by atoms with E-state index in [4.69, 9.17) is 21.1 Å². The van der Waals surface area contributed by atoms with Crippen LogP contribution in [0.25, 0.3) is 0 Å². The lowest BCUT2D eigenvalue weighted by Crippen LogP contribution is -2.28. The van der Waals surface area contributed by atoms with Gasteiger partial charge in [-0.25, -0.2) is 10.2 Å². The molecule has 112 valence electrons. The first-order chi connectivity index (χ1) is 10.0. The molecule has 0 unspecified atom stereocenters. The number of amides is 2. The van der Waals surface area contributed by atoms with Crippen LogP contribution >= 0.6 is 27.5 Å². The first-order valence-electron chi connectivity index (χ1n) is 5.73. The van der Waals surface area contributed by atoms with E-state index in [1.54, 1.807) is 18.5 Å². The molecule has 2 amide bonds. The van der Waals surface area contributed by atoms with Gasteiger partial charge in [-0.2, -0.15) is 9.89 Å². The summed E-state index contributed by atoms with van der Waals surface area (Å²) in [6.45, 7) is 0. The SMILES string of the molecule is COc1cc(OC)c(NC(=O)Nn2cc(Br)cn2)cc1Cl. The van der Waals surface area contributed by atoms with Gasteiger partial charge in [-0.3, -0.25) is 0 Å². The number of halogens is 2. The van der Waals surface area contributed by atoms with Crippen molar-refractivity contribution in [2.75, 3.05) is 25.0 Å². The maximum atomic E-state index is 11.9. The minimum absolute atomic E-state index is 0.357. The number of carbonyl (C=O) groups is 1. The van der Waals surface area contributed by atoms with Gasteiger partial charge in [0.25, 0.3) is 0 Å². The molecular weight excluding hydrogens is 364 g/mol. The predicted octanol–water partition coefficient (Wildman–Crippen LogP) is 3.09. The molecule has 0 aliphatic heterocycles. The summed E-state index contributed by atoms with van der Waals surface area (Å²) in [6, 6.07) is 2.63. The minimum Gasteiger partial charge on any atom is -0.495 e. The number of benzene rings is 1. The summed E-state index contributed by atoms with van der Waals surface area (Å²) >= 11 is 9.26. The van der Waals surface area contributed by atoms with E-state index in [9.17, 15) is 4.79 Å². The maximum absolute atomic E-state index is 11.9. The molecule has 0 saturated heterocycles. The van der Waals surface area contributed by atoms with Crippen LogP contribution in [0.15, 0.2) is 29.0 Å². The molecule has 0 fully saturated rings. The zero-order valence-corrected chi connectivity index (χ0v) is 13.5. The van der Waals surface area contributed by atoms with Gasteiger partial charge in [0, 0.05) is 6.07 Å². The second-order valence-electron chi connectivity index (χ2n) is 3.86. The zero-order chi connectivity index (χ0) is 15.4. The Kier molecular flexibility index (Phi) is 4.92. The quantitative estimate of drug-likeness (QED) is 0.861. The van der Waals surface area contributed by atoms with E-state index in [0.29, 0.717) is 22.2 Å². The molecule has 9 heteroatoms. The molecule has 2 aromatic rings. The van der Waals surface area contributed by atoms with Gasteiger partial charge < -0.3 is 14.8 Å². The highest BCUT2D eigenvalue weighted by molar-refractivity contribution is 9.10. The number of nitrogens with one attached hydrogen (secondary N) is 2. The van der Waals surface area contributed by atoms with Crippen molar-refractivity contribution in [2.45, 2.75) is 0 Å². The molecule has 0 bridgehead atoms. The molecule has 0 saturated carbocycles. The van der Waals surface area contributed by atoms with Crippen LogP contribution in [0.2, 0.25) is 5.02 Å². The number of urea groups is 1. The maximum Gasteiger partial charge on any atom is 0.339 e. The second-order valence-corrected chi connectivity index (χ2v) is 5.18. The zero-order valence-electron chi connectivity index (χ0n) is 11.2. The third-order valence-corrected chi connectivity index (χ3v) is 3.19. The fourth-order valence-corrected chi connectivity index (χ4v) is 2.10. The third kappa shape index (κ3) is 3.79. The second kappa shape index (κ2) is 6.68. The standard InChI is InChI=1S/C12H12BrClN4O3/c1-20-10-4-11(21-2)9(3-8(10)14)16-12(19)17-18-6-7(13)5-15-18/h3-6H,1-2H3,(H2,16,17,19). The van der Waals surface area contributed by atoms with Gasteiger partial charge >= 0.3 is 6.03 Å². The van der Waals surface area contributed by atoms with E-state index in [0.717, 1.165) is 4.47 Å². The van der Waals surface area contributed by atoms with Crippen LogP contribution in [-0.4, -0.2) is 30.1 Å². The number of rotatable bonds is 4. The van der Waals surface area contributed by atoms with E-state index >= 15 is 0 Å². The Hall–Kier alpha value is -1.93. The molecule has 0 spiro atoms. The van der Waals surface area contributed by atoms with E-state index in [2.05, 4.69) is 31.8 Å². The number of methoxy groups -OCH3 is 2. The highest BCUT2D eigenvalue weighted by Crippen LogP contribution is 2.35. The van der Waals surface area contributed by atoms with Crippen LogP contribution in [0.3, 0.4) is 0 Å². The largest absolute Gasteiger partial charge is 0.495 e. The van der Waals surface area contributed by atoms with E-state index in [-0.39, 0.29) is 0 Å². The highest BCUT2D eigenvalue weighted by Gasteiger charge is 2.12. The number of hydrogen-bond acceptors (Lipinski definition) is 4. The van der Waals surface area contributed by atoms with Crippen LogP contribution in [0, 0.1) is 0 Å². The Bertz CT molecular complexity index is 662. The van der Waals surface area contributed by atoms with Crippen LogP contribution < -0.4 is 20.2 Å². The lowest BCUT2D eigenvalue weighted by molar-refractivity contribution is 0.259. The fraction of sp³-hybridized carbons (Fsp3) is 0.167. The van der Waals surface area contributed by atoms with Crippen LogP contribution in [0.4, 0.5) is 10.5 Å². The summed E-state index contributed by atoms with van der Waals surface area (Å²) in [6.07, 6.45) is 3.14. The molecule has 0 aliphatic rings. The first kappa shape index (κ1) is 15.5. The average molecular weight is 376 g/mol. The molecule has 0 aliphatic carbocycles. The van der Waals surface area contributed by atoms with Crippen molar-refractivity contribution in [2.24, 2.45) is 0 Å². The number of anilines is 1. The number of nitrogens with zero attached hydrogens (tertiary/aromatic N) is 2. The van der Waals surface area contributed by atoms with Crippen LogP contribution in [0.1, 0.15) is 0 Å². The van der Waals surface area contributed by atoms with Gasteiger partial charge in [0.2, 0.25) is 0 Å². The molecule has 0 radical (unpaired) electrons. The van der Waals surface area contributed by atoms with Gasteiger partial charge in [0.15, 0.2) is 0 Å². The lowest BCUT2D eigenvalue weighted by Gasteiger charge is -2.13. The number of hydrogen-bond donors (Lipinski definition) is 2. The van der Waals surface area contributed by atoms with Crippen molar-refractivity contribution in [3.8, 4) is 11.5 Å². The Morgan fingerprint density at radius 2 is 2.05 bits per heavy atom. The van der Waals surface area contributed by atoms with Crippen molar-refractivity contribution >= 4 is 39.2 Å². The number of ether oxygens (including phenoxy) is 2. The number of carbonyl (C=O) groups excluding carboxylic acids is 1. The first-order valence-corrected chi connectivity index (χ1v) is 6.90. The molecule has 1 aromatic carbocycles. The minimum atomic E-state index is -0.495. The summed E-state index contributed by atoms with van der Waals surface area (Å²) in [5.74, 6) is 0.878. The summed E-state index contributed by atoms with van der Waals surface area (Å²) in [5.41, 5.74) is 2.92. The molecule has 7 nitrogen and oxygen atoms in total. The fourth-order valence-electron chi connectivity index (χ4n) is 1.57. The summed E-state index contributed by atoms with van der Waals surface area (Å²) < 4.78 is 11.0. The Labute approximate surface area is 134 Å². The lowest BCUT2D eigenvalue weighted by atomic mass is 10.2. The van der Waals surface area contributed by atoms with Gasteiger partial charge in [-0.05, 0) is 22.0 Å². The molecule has 21 heavy (non-hydrogen) atoms. The monoisotopic (exact) mass is 374 g/mol. The van der Waals surface area contributed by atoms with Crippen molar-refractivity contribution in [1.82, 2.24) is 9.89 Å². The Morgan fingerprint density at radius 1 is 1.33 bits per heavy atom. The number of aromatic nitrogens is 2. The van der Waals surface area contributed by atoms with Crippen molar-refractivity contribution in [1.29, 1.82) is 0 Å². The van der Waals surface area contributed by atoms with E-state index in [1.807, 2.05) is 0 Å². The molecule has 1 aromatic heterocycles. The predicted molar refractivity (Wildman–Crippen MR) is 82.9 cm³/mol. The van der Waals surface area contributed by atoms with Crippen molar-refractivity contribution in [3.05, 3.63) is 34.0 Å². The Balaban J connectivity index is 2.14. The summed E-state index contributed by atoms with van der Waals surface area (Å²) in [4.78, 5) is 13.2. The van der Waals surface area contributed by atoms with Crippen LogP contribution in [-0.2, 0) is 0 Å².